The van der Waals surface area contributed by atoms with Gasteiger partial charge in [-0.15, -0.1) is 0 Å². The van der Waals surface area contributed by atoms with Crippen LogP contribution in [0.5, 0.6) is 0 Å². The van der Waals surface area contributed by atoms with Crippen molar-refractivity contribution in [3.05, 3.63) is 94.6 Å². The Kier molecular flexibility index (Phi) is 15.8. The third-order valence-electron chi connectivity index (χ3n) is 3.32. The molecule has 0 aromatic heterocycles. The van der Waals surface area contributed by atoms with Crippen molar-refractivity contribution in [2.75, 3.05) is 0 Å². The maximum absolute atomic E-state index is 4.97. The largest absolute Gasteiger partial charge is 2.00 e. The summed E-state index contributed by atoms with van der Waals surface area (Å²) in [5.74, 6) is 0. The summed E-state index contributed by atoms with van der Waals surface area (Å²) in [5.41, 5.74) is 3.05. The van der Waals surface area contributed by atoms with Gasteiger partial charge in [0.25, 0.3) is 0 Å². The standard InChI is InChI=1S/C12H14Si.C5H5.3ClH.Fe.Ti/c1-13(2,11-7-3-4-8-11)12-9-5-6-10-12;1-2-4-5-3-1;;;;;/h3-10H,1-2H3;1-5H;3*1H;;/q;;;;;+2;+4/p-3. The molecule has 3 rings (SSSR count). The van der Waals surface area contributed by atoms with Crippen LogP contribution in [0.2, 0.25) is 13.1 Å². The monoisotopic (exact) mass is 460 g/mol. The van der Waals surface area contributed by atoms with E-state index in [1.807, 2.05) is 32.1 Å². The van der Waals surface area contributed by atoms with E-state index in [0.717, 1.165) is 0 Å². The first-order valence-electron chi connectivity index (χ1n) is 6.89. The summed E-state index contributed by atoms with van der Waals surface area (Å²) in [7, 11) is 13.6. The van der Waals surface area contributed by atoms with E-state index in [1.165, 1.54) is 11.1 Å². The van der Waals surface area contributed by atoms with Crippen molar-refractivity contribution in [1.29, 1.82) is 0 Å². The van der Waals surface area contributed by atoms with Gasteiger partial charge in [0.05, 0.1) is 8.07 Å². The molecule has 15 radical (unpaired) electrons. The summed E-state index contributed by atoms with van der Waals surface area (Å²) < 4.78 is 0. The fourth-order valence-electron chi connectivity index (χ4n) is 2.07. The Bertz CT molecular complexity index is 249. The van der Waals surface area contributed by atoms with Crippen LogP contribution in [0.25, 0.3) is 0 Å². The van der Waals surface area contributed by atoms with E-state index in [0.29, 0.717) is 0 Å². The Morgan fingerprint density at radius 3 is 1.04 bits per heavy atom. The van der Waals surface area contributed by atoms with E-state index in [9.17, 15) is 0 Å². The second-order valence-corrected chi connectivity index (χ2v) is 17.3. The molecule has 0 atom stereocenters. The van der Waals surface area contributed by atoms with Gasteiger partial charge in [0, 0.05) is 0 Å². The minimum absolute atomic E-state index is 0. The Morgan fingerprint density at radius 1 is 0.609 bits per heavy atom. The summed E-state index contributed by atoms with van der Waals surface area (Å²) >= 11 is -1.92. The predicted molar refractivity (Wildman–Crippen MR) is 97.4 cm³/mol. The first-order valence-corrected chi connectivity index (χ1v) is 16.3. The normalized spacial score (nSPS) is 21.8. The van der Waals surface area contributed by atoms with Crippen molar-refractivity contribution in [3.63, 3.8) is 0 Å². The molecule has 0 saturated heterocycles. The van der Waals surface area contributed by atoms with Crippen molar-refractivity contribution in [3.8, 4) is 0 Å². The van der Waals surface area contributed by atoms with Crippen LogP contribution in [0.3, 0.4) is 0 Å². The third-order valence-corrected chi connectivity index (χ3v) is 6.88. The molecule has 0 aromatic carbocycles. The van der Waals surface area contributed by atoms with Crippen molar-refractivity contribution in [2.24, 2.45) is 0 Å². The van der Waals surface area contributed by atoms with Gasteiger partial charge in [-0.25, -0.2) is 0 Å². The maximum Gasteiger partial charge on any atom is 2.00 e. The van der Waals surface area contributed by atoms with Gasteiger partial charge in [-0.05, 0) is 94.6 Å². The second-order valence-electron chi connectivity index (χ2n) is 5.15. The minimum atomic E-state index is -1.92. The van der Waals surface area contributed by atoms with Crippen LogP contribution >= 0.6 is 27.9 Å². The molecule has 0 heterocycles. The molecule has 0 amide bonds. The van der Waals surface area contributed by atoms with Crippen LogP contribution in [-0.2, 0) is 31.8 Å². The average Bonchev–Trinajstić information content (AvgIpc) is 3.22. The quantitative estimate of drug-likeness (QED) is 0.465. The number of rotatable bonds is 2. The maximum atomic E-state index is 4.97. The molecular formula is C17H19Cl3FeSiTi+3. The van der Waals surface area contributed by atoms with E-state index in [4.69, 9.17) is 27.9 Å². The molecule has 3 fully saturated rings. The van der Waals surface area contributed by atoms with Crippen LogP contribution in [-0.4, -0.2) is 8.07 Å². The minimum Gasteiger partial charge on any atom is 2.00 e. The van der Waals surface area contributed by atoms with Crippen LogP contribution in [0.1, 0.15) is 0 Å². The van der Waals surface area contributed by atoms with Gasteiger partial charge in [-0.2, -0.15) is 0 Å². The van der Waals surface area contributed by atoms with Gasteiger partial charge < -0.3 is 0 Å². The van der Waals surface area contributed by atoms with Gasteiger partial charge in [0.1, 0.15) is 0 Å². The van der Waals surface area contributed by atoms with E-state index < -0.39 is 22.8 Å². The Balaban J connectivity index is 0.000000404. The molecule has 0 N–H and O–H groups in total. The number of hydrogen-bond acceptors (Lipinski definition) is 0. The zero-order chi connectivity index (χ0) is 16.4. The molecule has 3 aliphatic rings. The molecule has 6 heteroatoms. The van der Waals surface area contributed by atoms with Crippen molar-refractivity contribution in [1.82, 2.24) is 0 Å². The van der Waals surface area contributed by atoms with Crippen LogP contribution < -0.4 is 0 Å². The number of halogens is 3. The summed E-state index contributed by atoms with van der Waals surface area (Å²) in [4.78, 5) is 0. The second kappa shape index (κ2) is 14.4. The van der Waals surface area contributed by atoms with Gasteiger partial charge in [0.15, 0.2) is 0 Å². The zero-order valence-electron chi connectivity index (χ0n) is 13.0. The third kappa shape index (κ3) is 10.9. The van der Waals surface area contributed by atoms with Crippen molar-refractivity contribution >= 4 is 36.0 Å². The Labute approximate surface area is 174 Å². The fraction of sp³-hybridized carbons (Fsp3) is 0.118. The summed E-state index contributed by atoms with van der Waals surface area (Å²) in [5, 5.41) is 0. The topological polar surface area (TPSA) is 0 Å². The Hall–Kier alpha value is 2.32. The van der Waals surface area contributed by atoms with Gasteiger partial charge in [-0.1, -0.05) is 13.1 Å². The molecule has 0 aromatic rings. The molecule has 3 aliphatic carbocycles. The van der Waals surface area contributed by atoms with Crippen molar-refractivity contribution < 1.29 is 31.8 Å². The van der Waals surface area contributed by atoms with Crippen molar-refractivity contribution in [2.45, 2.75) is 13.1 Å². The van der Waals surface area contributed by atoms with Gasteiger partial charge in [0.2, 0.25) is 0 Å². The van der Waals surface area contributed by atoms with Crippen LogP contribution in [0.15, 0.2) is 0 Å². The van der Waals surface area contributed by atoms with Crippen LogP contribution in [0.4, 0.5) is 0 Å². The Morgan fingerprint density at radius 2 is 0.826 bits per heavy atom. The molecular weight excluding hydrogens is 442 g/mol. The fourth-order valence-corrected chi connectivity index (χ4v) is 4.45. The van der Waals surface area contributed by atoms with E-state index >= 15 is 0 Å². The van der Waals surface area contributed by atoms with E-state index in [-0.39, 0.29) is 17.1 Å². The first-order chi connectivity index (χ1) is 10.4. The van der Waals surface area contributed by atoms with Gasteiger partial charge >= 0.3 is 59.7 Å². The summed E-state index contributed by atoms with van der Waals surface area (Å²) in [6.45, 7) is 4.80. The SMILES string of the molecule is C[Si](C)([C]1[CH][CH][CH][CH]1)[C]1[CH][CH][CH][CH]1.[CH]1[CH][CH][CH][CH]1.[Cl][Ti+]([Cl])[Cl].[Fe+2]. The zero-order valence-corrected chi connectivity index (χ0v) is 18.9. The van der Waals surface area contributed by atoms with E-state index in [1.54, 1.807) is 0 Å². The molecule has 0 bridgehead atoms. The molecule has 3 saturated carbocycles. The summed E-state index contributed by atoms with van der Waals surface area (Å²) in [6.07, 6.45) is 27.5. The molecule has 121 valence electrons. The molecule has 0 nitrogen and oxygen atoms in total. The molecule has 0 spiro atoms. The summed E-state index contributed by atoms with van der Waals surface area (Å²) in [6, 6.07) is 0. The smallest absolute Gasteiger partial charge is 2.00 e. The predicted octanol–water partition coefficient (Wildman–Crippen LogP) is 5.67. The average molecular weight is 461 g/mol. The molecule has 0 aliphatic heterocycles. The molecule has 0 unspecified atom stereocenters. The molecule has 23 heavy (non-hydrogen) atoms. The van der Waals surface area contributed by atoms with E-state index in [2.05, 4.69) is 64.5 Å². The van der Waals surface area contributed by atoms with Gasteiger partial charge in [-0.3, -0.25) is 0 Å². The first kappa shape index (κ1) is 25.3. The van der Waals surface area contributed by atoms with Crippen LogP contribution in [0, 0.1) is 94.6 Å². The number of hydrogen-bond donors (Lipinski definition) is 0.